The molecular weight excluding hydrogens is 421 g/mol. The lowest BCUT2D eigenvalue weighted by atomic mass is 9.91. The molecule has 0 bridgehead atoms. The highest BCUT2D eigenvalue weighted by Crippen LogP contribution is 2.50. The summed E-state index contributed by atoms with van der Waals surface area (Å²) < 4.78 is 18.1. The summed E-state index contributed by atoms with van der Waals surface area (Å²) in [6, 6.07) is 3.57. The van der Waals surface area contributed by atoms with E-state index in [0.29, 0.717) is 36.4 Å². The Kier molecular flexibility index (Phi) is 5.46. The second-order valence-electron chi connectivity index (χ2n) is 8.52. The number of amides is 1. The number of nitrogens with one attached hydrogen (secondary N) is 1. The monoisotopic (exact) mass is 445 g/mol. The summed E-state index contributed by atoms with van der Waals surface area (Å²) in [5.74, 6) is 0.0000931. The molecule has 11 heteroatoms. The van der Waals surface area contributed by atoms with E-state index >= 15 is 0 Å². The normalized spacial score (nSPS) is 23.2. The van der Waals surface area contributed by atoms with E-state index in [1.165, 1.54) is 11.8 Å². The summed E-state index contributed by atoms with van der Waals surface area (Å²) in [5, 5.41) is 3.21. The third-order valence-electron chi connectivity index (χ3n) is 4.98. The molecule has 0 aliphatic carbocycles. The molecular formula is C20H24FN7O2S. The molecule has 31 heavy (non-hydrogen) atoms. The first-order chi connectivity index (χ1) is 14.6. The lowest BCUT2D eigenvalue weighted by Gasteiger charge is -2.36. The number of aromatic nitrogens is 3. The summed E-state index contributed by atoms with van der Waals surface area (Å²) in [7, 11) is 0. The highest BCUT2D eigenvalue weighted by atomic mass is 32.2. The molecule has 2 aliphatic rings. The van der Waals surface area contributed by atoms with E-state index in [9.17, 15) is 9.18 Å². The minimum Gasteiger partial charge on any atom is -0.444 e. The van der Waals surface area contributed by atoms with Crippen molar-refractivity contribution in [3.63, 3.8) is 0 Å². The number of alkyl carbamates (subject to hydrolysis) is 1. The van der Waals surface area contributed by atoms with Gasteiger partial charge in [-0.2, -0.15) is 0 Å². The number of fused-ring (bicyclic) bond motifs is 1. The maximum absolute atomic E-state index is 13.3. The number of aliphatic imine (C=N–C) groups is 1. The maximum atomic E-state index is 13.3. The number of nitrogens with two attached hydrogens (primary N) is 1. The van der Waals surface area contributed by atoms with Gasteiger partial charge < -0.3 is 15.4 Å². The van der Waals surface area contributed by atoms with Gasteiger partial charge in [-0.15, -0.1) is 0 Å². The first-order valence-electron chi connectivity index (χ1n) is 9.83. The van der Waals surface area contributed by atoms with E-state index in [4.69, 9.17) is 10.5 Å². The molecule has 0 spiro atoms. The van der Waals surface area contributed by atoms with Crippen LogP contribution in [0.4, 0.5) is 20.8 Å². The van der Waals surface area contributed by atoms with Crippen LogP contribution in [0.1, 0.15) is 26.5 Å². The molecule has 0 radical (unpaired) electrons. The lowest BCUT2D eigenvalue weighted by molar-refractivity contribution is 0.0564. The van der Waals surface area contributed by atoms with Crippen LogP contribution < -0.4 is 16.0 Å². The van der Waals surface area contributed by atoms with Crippen LogP contribution in [0.2, 0.25) is 0 Å². The summed E-state index contributed by atoms with van der Waals surface area (Å²) >= 11 is 1.42. The van der Waals surface area contributed by atoms with Gasteiger partial charge >= 0.3 is 6.09 Å². The molecule has 0 aromatic carbocycles. The van der Waals surface area contributed by atoms with Gasteiger partial charge in [-0.3, -0.25) is 15.3 Å². The topological polar surface area (TPSA) is 119 Å². The molecule has 0 unspecified atom stereocenters. The Morgan fingerprint density at radius 1 is 1.35 bits per heavy atom. The van der Waals surface area contributed by atoms with Gasteiger partial charge in [-0.1, -0.05) is 11.8 Å². The molecule has 164 valence electrons. The minimum absolute atomic E-state index is 0.0599. The predicted octanol–water partition coefficient (Wildman–Crippen LogP) is 2.55. The highest BCUT2D eigenvalue weighted by Gasteiger charge is 2.53. The maximum Gasteiger partial charge on any atom is 0.413 e. The van der Waals surface area contributed by atoms with E-state index in [1.54, 1.807) is 33.0 Å². The molecule has 2 aromatic rings. The number of ether oxygens (including phenoxy) is 1. The molecule has 2 atom stereocenters. The number of pyridine rings is 1. The van der Waals surface area contributed by atoms with Gasteiger partial charge in [0.1, 0.15) is 5.60 Å². The van der Waals surface area contributed by atoms with Crippen LogP contribution in [0.25, 0.3) is 0 Å². The smallest absolute Gasteiger partial charge is 0.413 e. The van der Waals surface area contributed by atoms with Crippen molar-refractivity contribution in [2.45, 2.75) is 31.1 Å². The Balaban J connectivity index is 1.63. The van der Waals surface area contributed by atoms with Crippen LogP contribution in [-0.4, -0.2) is 51.4 Å². The van der Waals surface area contributed by atoms with Crippen molar-refractivity contribution < 1.29 is 13.9 Å². The van der Waals surface area contributed by atoms with Crippen molar-refractivity contribution in [1.29, 1.82) is 0 Å². The van der Waals surface area contributed by atoms with Crippen LogP contribution in [0, 0.1) is 11.7 Å². The summed E-state index contributed by atoms with van der Waals surface area (Å²) in [6.45, 7) is 6.97. The Morgan fingerprint density at radius 3 is 2.77 bits per heavy atom. The molecule has 1 amide bonds. The molecule has 1 saturated heterocycles. The number of carbonyl (C=O) groups is 1. The third kappa shape index (κ3) is 4.55. The van der Waals surface area contributed by atoms with E-state index in [-0.39, 0.29) is 5.92 Å². The standard InChI is InChI=1S/C20H24FN7O2S/c1-19(2,3)30-18(29)27-17-26-7-12-10-28(16-24-8-13(21)9-25-16)11-20(12,31-17)15-6-14(22)4-5-23-15/h4-6,8-9,12H,7,10-11H2,1-3H3,(H2,22,23)(H,26,27,29)/t12-,20+/m0/s1. The number of hydrogen-bond acceptors (Lipinski definition) is 9. The number of halogens is 1. The number of nitrogen functional groups attached to an aromatic ring is 1. The molecule has 1 fully saturated rings. The summed E-state index contributed by atoms with van der Waals surface area (Å²) in [6.07, 6.45) is 3.40. The lowest BCUT2D eigenvalue weighted by Crippen LogP contribution is -2.44. The highest BCUT2D eigenvalue weighted by molar-refractivity contribution is 8.14. The fourth-order valence-electron chi connectivity index (χ4n) is 3.71. The van der Waals surface area contributed by atoms with Gasteiger partial charge in [0.25, 0.3) is 0 Å². The first-order valence-corrected chi connectivity index (χ1v) is 10.6. The van der Waals surface area contributed by atoms with Crippen molar-refractivity contribution >= 4 is 34.7 Å². The molecule has 0 saturated carbocycles. The molecule has 2 aromatic heterocycles. The van der Waals surface area contributed by atoms with Crippen molar-refractivity contribution in [2.75, 3.05) is 30.3 Å². The van der Waals surface area contributed by atoms with Gasteiger partial charge in [-0.25, -0.2) is 19.2 Å². The zero-order chi connectivity index (χ0) is 22.2. The molecule has 9 nitrogen and oxygen atoms in total. The van der Waals surface area contributed by atoms with Crippen molar-refractivity contribution in [2.24, 2.45) is 10.9 Å². The summed E-state index contributed by atoms with van der Waals surface area (Å²) in [4.78, 5) is 31.7. The van der Waals surface area contributed by atoms with E-state index < -0.39 is 22.3 Å². The van der Waals surface area contributed by atoms with E-state index in [0.717, 1.165) is 18.1 Å². The average molecular weight is 446 g/mol. The number of amidine groups is 1. The SMILES string of the molecule is CC(C)(C)OC(=O)NC1=NC[C@H]2CN(c3ncc(F)cn3)C[C@@]2(c2cc(N)ccn2)S1. The van der Waals surface area contributed by atoms with Crippen molar-refractivity contribution in [3.05, 3.63) is 42.2 Å². The Labute approximate surface area is 183 Å². The van der Waals surface area contributed by atoms with E-state index in [2.05, 4.69) is 25.3 Å². The van der Waals surface area contributed by atoms with Crippen LogP contribution in [0.5, 0.6) is 0 Å². The third-order valence-corrected chi connectivity index (χ3v) is 6.44. The minimum atomic E-state index is -0.621. The second-order valence-corrected chi connectivity index (χ2v) is 9.84. The zero-order valence-corrected chi connectivity index (χ0v) is 18.3. The number of thioether (sulfide) groups is 1. The van der Waals surface area contributed by atoms with E-state index in [1.807, 2.05) is 11.0 Å². The Bertz CT molecular complexity index is 1010. The zero-order valence-electron chi connectivity index (χ0n) is 17.5. The van der Waals surface area contributed by atoms with Gasteiger partial charge in [0.15, 0.2) is 11.0 Å². The van der Waals surface area contributed by atoms with Gasteiger partial charge in [0.05, 0.1) is 22.8 Å². The van der Waals surface area contributed by atoms with Crippen LogP contribution >= 0.6 is 11.8 Å². The number of nitrogens with zero attached hydrogens (tertiary/aromatic N) is 5. The van der Waals surface area contributed by atoms with Gasteiger partial charge in [0, 0.05) is 37.4 Å². The quantitative estimate of drug-likeness (QED) is 0.724. The molecule has 2 aliphatic heterocycles. The largest absolute Gasteiger partial charge is 0.444 e. The summed E-state index contributed by atoms with van der Waals surface area (Å²) in [5.41, 5.74) is 6.80. The molecule has 3 N–H and O–H groups in total. The number of carbonyl (C=O) groups excluding carboxylic acids is 1. The fourth-order valence-corrected chi connectivity index (χ4v) is 5.08. The van der Waals surface area contributed by atoms with Crippen molar-refractivity contribution in [3.8, 4) is 0 Å². The van der Waals surface area contributed by atoms with Gasteiger partial charge in [-0.05, 0) is 32.9 Å². The average Bonchev–Trinajstić information content (AvgIpc) is 3.07. The fraction of sp³-hybridized carbons (Fsp3) is 0.450. The predicted molar refractivity (Wildman–Crippen MR) is 117 cm³/mol. The Hall–Kier alpha value is -2.95. The Morgan fingerprint density at radius 2 is 2.10 bits per heavy atom. The van der Waals surface area contributed by atoms with Crippen LogP contribution in [0.15, 0.2) is 35.7 Å². The van der Waals surface area contributed by atoms with Crippen LogP contribution in [-0.2, 0) is 9.48 Å². The second kappa shape index (κ2) is 7.95. The van der Waals surface area contributed by atoms with Crippen LogP contribution in [0.3, 0.4) is 0 Å². The van der Waals surface area contributed by atoms with Gasteiger partial charge in [0.2, 0.25) is 5.95 Å². The number of anilines is 2. The molecule has 4 heterocycles. The first kappa shape index (κ1) is 21.3. The molecule has 4 rings (SSSR count). The number of rotatable bonds is 2. The van der Waals surface area contributed by atoms with Crippen molar-refractivity contribution in [1.82, 2.24) is 20.3 Å². The number of hydrogen-bond donors (Lipinski definition) is 2.